The van der Waals surface area contributed by atoms with Crippen LogP contribution in [0.5, 0.6) is 0 Å². The van der Waals surface area contributed by atoms with E-state index in [1.165, 1.54) is 122 Å². The number of hydrogen-bond donors (Lipinski definition) is 9. The zero-order valence-corrected chi connectivity index (χ0v) is 39.2. The van der Waals surface area contributed by atoms with E-state index >= 15 is 0 Å². The van der Waals surface area contributed by atoms with Crippen molar-refractivity contribution >= 4 is 13.7 Å². The van der Waals surface area contributed by atoms with Gasteiger partial charge >= 0.3 is 7.82 Å². The van der Waals surface area contributed by atoms with E-state index in [0.29, 0.717) is 12.8 Å². The molecule has 1 aliphatic rings. The molecule has 1 fully saturated rings. The summed E-state index contributed by atoms with van der Waals surface area (Å²) in [5.74, 6) is -0.567. The van der Waals surface area contributed by atoms with Crippen molar-refractivity contribution < 1.29 is 59.0 Å². The molecule has 61 heavy (non-hydrogen) atoms. The summed E-state index contributed by atoms with van der Waals surface area (Å²) in [4.78, 5) is 23.5. The van der Waals surface area contributed by atoms with Crippen molar-refractivity contribution in [2.75, 3.05) is 6.61 Å². The molecule has 0 radical (unpaired) electrons. The average Bonchev–Trinajstić information content (AvgIpc) is 3.23. The Morgan fingerprint density at radius 1 is 0.557 bits per heavy atom. The number of carbonyl (C=O) groups is 1. The van der Waals surface area contributed by atoms with Crippen LogP contribution < -0.4 is 5.32 Å². The van der Waals surface area contributed by atoms with Gasteiger partial charge < -0.3 is 46.0 Å². The second-order valence-electron chi connectivity index (χ2n) is 17.9. The Bertz CT molecular complexity index is 1100. The third-order valence-corrected chi connectivity index (χ3v) is 13.1. The summed E-state index contributed by atoms with van der Waals surface area (Å²) in [6.45, 7) is 3.80. The quantitative estimate of drug-likeness (QED) is 0.0160. The molecule has 0 heterocycles. The minimum absolute atomic E-state index is 0.229. The van der Waals surface area contributed by atoms with Crippen molar-refractivity contribution in [2.24, 2.45) is 0 Å². The number of nitrogens with one attached hydrogen (secondary N) is 1. The number of rotatable bonds is 41. The largest absolute Gasteiger partial charge is 0.472 e. The summed E-state index contributed by atoms with van der Waals surface area (Å²) >= 11 is 0. The fourth-order valence-electron chi connectivity index (χ4n) is 8.06. The molecule has 0 aliphatic heterocycles. The highest BCUT2D eigenvalue weighted by Gasteiger charge is 2.51. The summed E-state index contributed by atoms with van der Waals surface area (Å²) in [5, 5.41) is 74.7. The van der Waals surface area contributed by atoms with Gasteiger partial charge in [-0.2, -0.15) is 0 Å². The van der Waals surface area contributed by atoms with Crippen LogP contribution in [0.15, 0.2) is 12.2 Å². The van der Waals surface area contributed by atoms with Gasteiger partial charge in [0, 0.05) is 0 Å². The fraction of sp³-hybridized carbons (Fsp3) is 0.936. The van der Waals surface area contributed by atoms with Crippen LogP contribution in [0.4, 0.5) is 0 Å². The van der Waals surface area contributed by atoms with Crippen LogP contribution >= 0.6 is 7.82 Å². The van der Waals surface area contributed by atoms with E-state index < -0.39 is 75.2 Å². The van der Waals surface area contributed by atoms with Gasteiger partial charge in [-0.3, -0.25) is 13.8 Å². The van der Waals surface area contributed by atoms with Crippen molar-refractivity contribution in [1.82, 2.24) is 5.32 Å². The highest BCUT2D eigenvalue weighted by atomic mass is 31.2. The number of hydrogen-bond acceptors (Lipinski definition) is 11. The van der Waals surface area contributed by atoms with E-state index in [-0.39, 0.29) is 12.8 Å². The zero-order chi connectivity index (χ0) is 45.1. The molecule has 0 aromatic heterocycles. The molecule has 0 aromatic carbocycles. The molecule has 0 saturated heterocycles. The molecule has 8 atom stereocenters. The number of phosphoric ester groups is 1. The Balaban J connectivity index is 2.50. The number of allylic oxidation sites excluding steroid dienone is 2. The number of aliphatic hydroxyl groups is 7. The van der Waals surface area contributed by atoms with Gasteiger partial charge in [0.05, 0.1) is 31.3 Å². The maximum atomic E-state index is 13.0. The molecule has 0 spiro atoms. The van der Waals surface area contributed by atoms with Crippen LogP contribution in [0.2, 0.25) is 0 Å². The van der Waals surface area contributed by atoms with Crippen molar-refractivity contribution in [2.45, 2.75) is 274 Å². The Kier molecular flexibility index (Phi) is 35.5. The van der Waals surface area contributed by atoms with E-state index in [9.17, 15) is 50.0 Å². The van der Waals surface area contributed by atoms with Gasteiger partial charge in [0.2, 0.25) is 5.91 Å². The first-order chi connectivity index (χ1) is 29.3. The van der Waals surface area contributed by atoms with Crippen LogP contribution in [-0.2, 0) is 18.4 Å². The fourth-order valence-corrected chi connectivity index (χ4v) is 9.03. The molecule has 1 saturated carbocycles. The van der Waals surface area contributed by atoms with Gasteiger partial charge in [0.25, 0.3) is 0 Å². The van der Waals surface area contributed by atoms with E-state index in [1.807, 2.05) is 0 Å². The number of amides is 1. The van der Waals surface area contributed by atoms with Gasteiger partial charge in [-0.1, -0.05) is 187 Å². The van der Waals surface area contributed by atoms with Crippen LogP contribution in [-0.4, -0.2) is 108 Å². The highest BCUT2D eigenvalue weighted by molar-refractivity contribution is 7.47. The predicted octanol–water partition coefficient (Wildman–Crippen LogP) is 8.59. The molecule has 1 amide bonds. The number of phosphoric acid groups is 1. The lowest BCUT2D eigenvalue weighted by Gasteiger charge is -2.41. The molecular formula is C47H92NO12P. The second-order valence-corrected chi connectivity index (χ2v) is 19.3. The lowest BCUT2D eigenvalue weighted by molar-refractivity contribution is -0.220. The summed E-state index contributed by atoms with van der Waals surface area (Å²) in [6, 6.07) is -1.16. The molecule has 0 bridgehead atoms. The standard InChI is InChI=1S/C47H92NO12P/c1-3-5-7-9-11-13-15-17-19-21-22-24-26-28-30-32-34-38(49)36-41(51)48-39(37-59-61(57,58)60-47-45(55)43(53)42(52)44(54)46(47)56)40(50)35-33-31-29-27-25-23-20-18-16-14-12-10-8-6-4-2/h22,24,38-40,42-47,49-50,52-56H,3-21,23,25-37H2,1-2H3,(H,48,51)(H,57,58)/b24-22-. The minimum Gasteiger partial charge on any atom is -0.393 e. The number of carbonyl (C=O) groups excluding carboxylic acids is 1. The Morgan fingerprint density at radius 3 is 1.36 bits per heavy atom. The van der Waals surface area contributed by atoms with E-state index in [2.05, 4.69) is 31.3 Å². The molecule has 362 valence electrons. The minimum atomic E-state index is -5.12. The second kappa shape index (κ2) is 37.3. The SMILES string of the molecule is CCCCCCCCCCC/C=C\CCCCCC(O)CC(=O)NC(COP(=O)(O)OC1C(O)C(O)C(O)C(O)C1O)C(O)CCCCCCCCCCCCCCCCC. The first-order valence-electron chi connectivity index (χ1n) is 24.7. The van der Waals surface area contributed by atoms with Gasteiger partial charge in [-0.15, -0.1) is 0 Å². The Morgan fingerprint density at radius 2 is 0.918 bits per heavy atom. The molecular weight excluding hydrogens is 801 g/mol. The van der Waals surface area contributed by atoms with Gasteiger partial charge in [-0.25, -0.2) is 4.57 Å². The normalized spacial score (nSPS) is 23.2. The third kappa shape index (κ3) is 29.2. The number of unbranched alkanes of at least 4 members (excludes halogenated alkanes) is 26. The Hall–Kier alpha value is -0.960. The van der Waals surface area contributed by atoms with Crippen LogP contribution in [0.3, 0.4) is 0 Å². The molecule has 13 nitrogen and oxygen atoms in total. The van der Waals surface area contributed by atoms with Crippen molar-refractivity contribution in [3.05, 3.63) is 12.2 Å². The maximum Gasteiger partial charge on any atom is 0.472 e. The maximum absolute atomic E-state index is 13.0. The zero-order valence-electron chi connectivity index (χ0n) is 38.3. The lowest BCUT2D eigenvalue weighted by Crippen LogP contribution is -2.64. The smallest absolute Gasteiger partial charge is 0.393 e. The van der Waals surface area contributed by atoms with E-state index in [0.717, 1.165) is 57.8 Å². The highest BCUT2D eigenvalue weighted by Crippen LogP contribution is 2.47. The van der Waals surface area contributed by atoms with Crippen LogP contribution in [0.25, 0.3) is 0 Å². The summed E-state index contributed by atoms with van der Waals surface area (Å²) in [7, 11) is -5.12. The van der Waals surface area contributed by atoms with E-state index in [4.69, 9.17) is 9.05 Å². The van der Waals surface area contributed by atoms with Crippen LogP contribution in [0.1, 0.15) is 219 Å². The first-order valence-corrected chi connectivity index (χ1v) is 26.2. The van der Waals surface area contributed by atoms with Crippen molar-refractivity contribution in [3.63, 3.8) is 0 Å². The molecule has 8 unspecified atom stereocenters. The molecule has 1 aliphatic carbocycles. The molecule has 1 rings (SSSR count). The van der Waals surface area contributed by atoms with Crippen molar-refractivity contribution in [3.8, 4) is 0 Å². The molecule has 9 N–H and O–H groups in total. The molecule has 14 heteroatoms. The predicted molar refractivity (Wildman–Crippen MR) is 243 cm³/mol. The Labute approximate surface area is 370 Å². The summed E-state index contributed by atoms with van der Waals surface area (Å²) in [6.07, 6.45) is 25.4. The van der Waals surface area contributed by atoms with Crippen molar-refractivity contribution in [1.29, 1.82) is 0 Å². The van der Waals surface area contributed by atoms with Gasteiger partial charge in [-0.05, 0) is 38.5 Å². The van der Waals surface area contributed by atoms with Gasteiger partial charge in [0.15, 0.2) is 0 Å². The number of aliphatic hydroxyl groups excluding tert-OH is 7. The van der Waals surface area contributed by atoms with Gasteiger partial charge in [0.1, 0.15) is 36.6 Å². The van der Waals surface area contributed by atoms with Crippen LogP contribution in [0, 0.1) is 0 Å². The first kappa shape index (κ1) is 58.1. The topological polar surface area (TPSA) is 226 Å². The van der Waals surface area contributed by atoms with E-state index in [1.54, 1.807) is 0 Å². The monoisotopic (exact) mass is 894 g/mol. The molecule has 0 aromatic rings. The average molecular weight is 894 g/mol. The third-order valence-electron chi connectivity index (χ3n) is 12.1. The summed E-state index contributed by atoms with van der Waals surface area (Å²) < 4.78 is 22.9. The lowest BCUT2D eigenvalue weighted by atomic mass is 9.85. The summed E-state index contributed by atoms with van der Waals surface area (Å²) in [5.41, 5.74) is 0.